The van der Waals surface area contributed by atoms with E-state index in [9.17, 15) is 27.6 Å². The van der Waals surface area contributed by atoms with Gasteiger partial charge in [-0.2, -0.15) is 0 Å². The van der Waals surface area contributed by atoms with E-state index in [0.29, 0.717) is 58.8 Å². The van der Waals surface area contributed by atoms with Crippen molar-refractivity contribution in [2.45, 2.75) is 140 Å². The Morgan fingerprint density at radius 3 is 2.44 bits per heavy atom. The molecule has 1 aliphatic heterocycles. The van der Waals surface area contributed by atoms with Gasteiger partial charge in [-0.25, -0.2) is 18.4 Å². The number of rotatable bonds is 20. The molecule has 2 aromatic heterocycles. The molecular formula is C46H61N5O9S2. The minimum Gasteiger partial charge on any atom is -0.496 e. The van der Waals surface area contributed by atoms with Gasteiger partial charge in [-0.05, 0) is 84.3 Å². The van der Waals surface area contributed by atoms with E-state index in [-0.39, 0.29) is 31.7 Å². The number of hydrogen-bond donors (Lipinski definition) is 2. The molecular weight excluding hydrogens is 831 g/mol. The van der Waals surface area contributed by atoms with Gasteiger partial charge in [0.15, 0.2) is 0 Å². The van der Waals surface area contributed by atoms with Crippen LogP contribution >= 0.6 is 11.3 Å². The number of unbranched alkanes of at least 4 members (excludes halogenated alkanes) is 3. The normalized spacial score (nSPS) is 21.6. The molecule has 3 aliphatic rings. The summed E-state index contributed by atoms with van der Waals surface area (Å²) in [6.45, 7) is 19.0. The van der Waals surface area contributed by atoms with Gasteiger partial charge in [0.05, 0.1) is 36.5 Å². The fourth-order valence-corrected chi connectivity index (χ4v) is 10.3. The molecule has 14 nitrogen and oxygen atoms in total. The molecule has 3 heterocycles. The van der Waals surface area contributed by atoms with E-state index in [1.54, 1.807) is 27.9 Å². The van der Waals surface area contributed by atoms with Crippen LogP contribution in [0.2, 0.25) is 0 Å². The van der Waals surface area contributed by atoms with E-state index in [1.807, 2.05) is 36.6 Å². The van der Waals surface area contributed by atoms with Gasteiger partial charge in [0, 0.05) is 40.7 Å². The Balaban J connectivity index is 1.35. The maximum absolute atomic E-state index is 14.9. The van der Waals surface area contributed by atoms with Crippen LogP contribution in [-0.2, 0) is 33.9 Å². The van der Waals surface area contributed by atoms with E-state index in [2.05, 4.69) is 37.0 Å². The number of benzene rings is 1. The molecule has 6 rings (SSSR count). The molecule has 16 heteroatoms. The van der Waals surface area contributed by atoms with E-state index < -0.39 is 74.1 Å². The molecule has 3 aromatic rings. The second kappa shape index (κ2) is 18.9. The van der Waals surface area contributed by atoms with Crippen LogP contribution in [0.15, 0.2) is 48.9 Å². The summed E-state index contributed by atoms with van der Waals surface area (Å²) in [6, 6.07) is 4.39. The van der Waals surface area contributed by atoms with Crippen molar-refractivity contribution in [3.05, 3.63) is 60.1 Å². The minimum atomic E-state index is -3.92. The molecule has 0 unspecified atom stereocenters. The van der Waals surface area contributed by atoms with Crippen molar-refractivity contribution >= 4 is 56.0 Å². The Morgan fingerprint density at radius 1 is 1.08 bits per heavy atom. The summed E-state index contributed by atoms with van der Waals surface area (Å²) in [5, 5.41) is 5.62. The molecule has 3 fully saturated rings. The van der Waals surface area contributed by atoms with Gasteiger partial charge < -0.3 is 24.4 Å². The van der Waals surface area contributed by atoms with Crippen molar-refractivity contribution in [2.24, 2.45) is 11.8 Å². The number of esters is 1. The van der Waals surface area contributed by atoms with E-state index >= 15 is 0 Å². The lowest BCUT2D eigenvalue weighted by Gasteiger charge is -2.30. The molecule has 0 spiro atoms. The highest BCUT2D eigenvalue weighted by atomic mass is 32.2. The Bertz CT molecular complexity index is 2320. The zero-order valence-electron chi connectivity index (χ0n) is 37.0. The summed E-state index contributed by atoms with van der Waals surface area (Å²) in [5.74, 6) is -2.44. The first-order chi connectivity index (χ1) is 29.3. The predicted octanol–water partition coefficient (Wildman–Crippen LogP) is 7.30. The number of carbonyl (C=O) groups is 4. The second-order valence-electron chi connectivity index (χ2n) is 18.1. The molecule has 1 saturated heterocycles. The molecule has 3 amide bonds. The van der Waals surface area contributed by atoms with Crippen molar-refractivity contribution in [1.82, 2.24) is 24.9 Å². The van der Waals surface area contributed by atoms with Gasteiger partial charge >= 0.3 is 5.97 Å². The summed E-state index contributed by atoms with van der Waals surface area (Å²) in [4.78, 5) is 67.8. The van der Waals surface area contributed by atoms with E-state index in [1.165, 1.54) is 22.3 Å². The third-order valence-electron chi connectivity index (χ3n) is 11.7. The number of nitrogens with zero attached hydrogens (tertiary/aromatic N) is 3. The quantitative estimate of drug-likeness (QED) is 0.0660. The number of carbonyl (C=O) groups excluding carboxylic acids is 4. The zero-order chi connectivity index (χ0) is 45.1. The summed E-state index contributed by atoms with van der Waals surface area (Å²) >= 11 is 1.47. The standard InChI is InChI=1S/C46H61N5O9S2/c1-10-12-13-14-15-16-29(21-39(52)60-45(6,7)8)43(54)51-25-31(22-36(51)41(53)49-46(24-30(46)11-2)44(55)50-62(56,57)32-17-18-32)59-38-23-34(42-48-35(26-61-42)27(3)4)47-40-28(5)37(58-9)20-19-33(38)40/h10-11,19-20,23,26-27,29-32,36H,1-2,12-18,21-22,24-25H2,3-9H3,(H,49,53)(H,50,55)/t29-,30-,31+,36-,46-/m0/s1. The number of aryl methyl sites for hydroxylation is 1. The first kappa shape index (κ1) is 46.7. The fraction of sp³-hybridized carbons (Fsp3) is 0.565. The third-order valence-corrected chi connectivity index (χ3v) is 14.4. The lowest BCUT2D eigenvalue weighted by atomic mass is 9.95. The zero-order valence-corrected chi connectivity index (χ0v) is 38.6. The van der Waals surface area contributed by atoms with Crippen molar-refractivity contribution in [3.63, 3.8) is 0 Å². The molecule has 2 aliphatic carbocycles. The fourth-order valence-electron chi connectivity index (χ4n) is 8.04. The van der Waals surface area contributed by atoms with Gasteiger partial charge in [-0.3, -0.25) is 23.9 Å². The molecule has 62 heavy (non-hydrogen) atoms. The molecule has 5 atom stereocenters. The molecule has 0 bridgehead atoms. The number of fused-ring (bicyclic) bond motifs is 1. The number of nitrogens with one attached hydrogen (secondary N) is 2. The van der Waals surface area contributed by atoms with Gasteiger partial charge in [-0.15, -0.1) is 24.5 Å². The van der Waals surface area contributed by atoms with Crippen LogP contribution in [0.5, 0.6) is 11.5 Å². The Kier molecular flexibility index (Phi) is 14.2. The van der Waals surface area contributed by atoms with Gasteiger partial charge in [-0.1, -0.05) is 38.8 Å². The lowest BCUT2D eigenvalue weighted by molar-refractivity contribution is -0.159. The molecule has 0 radical (unpaired) electrons. The molecule has 336 valence electrons. The van der Waals surface area contributed by atoms with Crippen LogP contribution < -0.4 is 19.5 Å². The van der Waals surface area contributed by atoms with Crippen molar-refractivity contribution in [3.8, 4) is 22.2 Å². The van der Waals surface area contributed by atoms with E-state index in [4.69, 9.17) is 24.2 Å². The van der Waals surface area contributed by atoms with Crippen LogP contribution in [0.1, 0.15) is 116 Å². The highest BCUT2D eigenvalue weighted by molar-refractivity contribution is 7.91. The maximum atomic E-state index is 14.9. The third kappa shape index (κ3) is 10.7. The number of pyridine rings is 1. The highest BCUT2D eigenvalue weighted by Crippen LogP contribution is 2.46. The lowest BCUT2D eigenvalue weighted by Crippen LogP contribution is -2.57. The monoisotopic (exact) mass is 891 g/mol. The predicted molar refractivity (Wildman–Crippen MR) is 239 cm³/mol. The van der Waals surface area contributed by atoms with Crippen LogP contribution in [0.25, 0.3) is 21.6 Å². The minimum absolute atomic E-state index is 0.0125. The van der Waals surface area contributed by atoms with Crippen LogP contribution in [-0.4, -0.2) is 89.2 Å². The maximum Gasteiger partial charge on any atom is 0.307 e. The second-order valence-corrected chi connectivity index (χ2v) is 20.9. The first-order valence-corrected chi connectivity index (χ1v) is 24.0. The average Bonchev–Trinajstić information content (AvgIpc) is 4.09. The SMILES string of the molecule is C=CCCCCC[C@@H](CC(=O)OC(C)(C)C)C(=O)N1C[C@H](Oc2cc(-c3nc(C(C)C)cs3)nc3c(C)c(OC)ccc23)C[C@H]1C(=O)N[C@@]1(C(=O)NS(=O)(=O)C2CC2)C[C@@H]1C=C. The van der Waals surface area contributed by atoms with Gasteiger partial charge in [0.2, 0.25) is 21.8 Å². The molecule has 2 N–H and O–H groups in total. The average molecular weight is 892 g/mol. The molecule has 2 saturated carbocycles. The number of ether oxygens (including phenoxy) is 3. The van der Waals surface area contributed by atoms with Gasteiger partial charge in [0.1, 0.15) is 45.5 Å². The number of aromatic nitrogens is 2. The van der Waals surface area contributed by atoms with Crippen LogP contribution in [0.3, 0.4) is 0 Å². The highest BCUT2D eigenvalue weighted by Gasteiger charge is 2.62. The van der Waals surface area contributed by atoms with Crippen molar-refractivity contribution < 1.29 is 41.8 Å². The number of sulfonamides is 1. The summed E-state index contributed by atoms with van der Waals surface area (Å²) < 4.78 is 46.1. The first-order valence-electron chi connectivity index (χ1n) is 21.5. The van der Waals surface area contributed by atoms with Crippen molar-refractivity contribution in [2.75, 3.05) is 13.7 Å². The summed E-state index contributed by atoms with van der Waals surface area (Å²) in [5.41, 5.74) is 0.623. The number of likely N-dealkylation sites (tertiary alicyclic amines) is 1. The Morgan fingerprint density at radius 2 is 1.82 bits per heavy atom. The van der Waals surface area contributed by atoms with Crippen LogP contribution in [0.4, 0.5) is 0 Å². The molecule has 1 aromatic carbocycles. The topological polar surface area (TPSA) is 183 Å². The van der Waals surface area contributed by atoms with Crippen molar-refractivity contribution in [1.29, 1.82) is 0 Å². The number of allylic oxidation sites excluding steroid dienone is 1. The number of hydrogen-bond acceptors (Lipinski definition) is 12. The number of thiazole rings is 1. The smallest absolute Gasteiger partial charge is 0.307 e. The Hall–Kier alpha value is -4.83. The largest absolute Gasteiger partial charge is 0.496 e. The number of amides is 3. The van der Waals surface area contributed by atoms with E-state index in [0.717, 1.165) is 30.5 Å². The van der Waals surface area contributed by atoms with Crippen LogP contribution in [0, 0.1) is 18.8 Å². The summed E-state index contributed by atoms with van der Waals surface area (Å²) in [6.07, 6.45) is 7.07. The Labute approximate surface area is 369 Å². The van der Waals surface area contributed by atoms with Gasteiger partial charge in [0.25, 0.3) is 5.91 Å². The summed E-state index contributed by atoms with van der Waals surface area (Å²) in [7, 11) is -2.33. The number of methoxy groups -OCH3 is 1.